The molecule has 0 aliphatic carbocycles. The first-order chi connectivity index (χ1) is 11.6. The molecule has 8 heteroatoms. The predicted molar refractivity (Wildman–Crippen MR) is 113 cm³/mol. The van der Waals surface area contributed by atoms with Crippen molar-refractivity contribution in [3.8, 4) is 0 Å². The van der Waals surface area contributed by atoms with E-state index in [0.717, 1.165) is 45.8 Å². The number of aromatic nitrogens is 1. The minimum absolute atomic E-state index is 0. The van der Waals surface area contributed by atoms with E-state index in [1.165, 1.54) is 23.5 Å². The van der Waals surface area contributed by atoms with Gasteiger partial charge >= 0.3 is 0 Å². The maximum atomic E-state index is 12.3. The van der Waals surface area contributed by atoms with Gasteiger partial charge in [0.05, 0.1) is 10.7 Å². The maximum absolute atomic E-state index is 12.3. The molecule has 1 unspecified atom stereocenters. The summed E-state index contributed by atoms with van der Waals surface area (Å²) in [6.45, 7) is 11.0. The van der Waals surface area contributed by atoms with Gasteiger partial charge in [-0.1, -0.05) is 13.8 Å². The summed E-state index contributed by atoms with van der Waals surface area (Å²) < 4.78 is 0. The molecule has 0 bridgehead atoms. The fraction of sp³-hybridized carbons (Fsp3) is 0.778. The Bertz CT molecular complexity index is 549. The highest BCUT2D eigenvalue weighted by atomic mass is 35.5. The summed E-state index contributed by atoms with van der Waals surface area (Å²) in [6.07, 6.45) is 3.10. The standard InChI is InChI=1S/C18H30N4OS.2ClH/c1-14(2)16-13-24-18(20-16)15-4-3-8-21(12-15)9-5-17(23)22-10-6-19-7-11-22;;/h13-15,19H,3-12H2,1-2H3;2*1H. The summed E-state index contributed by atoms with van der Waals surface area (Å²) in [7, 11) is 0. The molecule has 26 heavy (non-hydrogen) atoms. The highest BCUT2D eigenvalue weighted by Gasteiger charge is 2.25. The van der Waals surface area contributed by atoms with Crippen LogP contribution in [0, 0.1) is 0 Å². The molecule has 150 valence electrons. The number of amides is 1. The van der Waals surface area contributed by atoms with Gasteiger partial charge in [0.2, 0.25) is 5.91 Å². The Labute approximate surface area is 173 Å². The highest BCUT2D eigenvalue weighted by molar-refractivity contribution is 7.09. The molecular weight excluding hydrogens is 391 g/mol. The van der Waals surface area contributed by atoms with Crippen LogP contribution in [-0.4, -0.2) is 66.5 Å². The van der Waals surface area contributed by atoms with Crippen molar-refractivity contribution in [2.24, 2.45) is 0 Å². The fourth-order valence-corrected chi connectivity index (χ4v) is 4.65. The van der Waals surface area contributed by atoms with Crippen molar-refractivity contribution < 1.29 is 4.79 Å². The minimum atomic E-state index is 0. The Hall–Kier alpha value is -0.400. The van der Waals surface area contributed by atoms with E-state index in [1.54, 1.807) is 0 Å². The van der Waals surface area contributed by atoms with Crippen LogP contribution in [0.15, 0.2) is 5.38 Å². The molecule has 0 radical (unpaired) electrons. The molecule has 2 aliphatic rings. The van der Waals surface area contributed by atoms with Gasteiger partial charge in [-0.3, -0.25) is 4.79 Å². The lowest BCUT2D eigenvalue weighted by atomic mass is 9.98. The molecule has 2 saturated heterocycles. The molecule has 1 amide bonds. The zero-order valence-corrected chi connectivity index (χ0v) is 18.2. The first kappa shape index (κ1) is 23.6. The molecule has 1 atom stereocenters. The van der Waals surface area contributed by atoms with E-state index in [1.807, 2.05) is 16.2 Å². The van der Waals surface area contributed by atoms with Crippen LogP contribution in [0.3, 0.4) is 0 Å². The average Bonchev–Trinajstić information content (AvgIpc) is 3.11. The van der Waals surface area contributed by atoms with E-state index in [9.17, 15) is 4.79 Å². The second-order valence-corrected chi connectivity index (χ2v) is 8.18. The zero-order valence-electron chi connectivity index (χ0n) is 15.8. The number of rotatable bonds is 5. The highest BCUT2D eigenvalue weighted by Crippen LogP contribution is 2.30. The number of likely N-dealkylation sites (tertiary alicyclic amines) is 1. The molecule has 3 rings (SSSR count). The number of carbonyl (C=O) groups excluding carboxylic acids is 1. The second kappa shape index (κ2) is 11.4. The largest absolute Gasteiger partial charge is 0.340 e. The summed E-state index contributed by atoms with van der Waals surface area (Å²) in [5.74, 6) is 1.37. The predicted octanol–water partition coefficient (Wildman–Crippen LogP) is 3.11. The molecule has 2 fully saturated rings. The third-order valence-corrected chi connectivity index (χ3v) is 6.12. The first-order valence-corrected chi connectivity index (χ1v) is 10.2. The molecule has 0 aromatic carbocycles. The Morgan fingerprint density at radius 1 is 1.31 bits per heavy atom. The molecular formula is C18H32Cl2N4OS. The van der Waals surface area contributed by atoms with Crippen LogP contribution in [0.1, 0.15) is 55.6 Å². The van der Waals surface area contributed by atoms with Crippen molar-refractivity contribution in [2.45, 2.75) is 44.9 Å². The van der Waals surface area contributed by atoms with Gasteiger partial charge in [0, 0.05) is 57.0 Å². The van der Waals surface area contributed by atoms with Gasteiger partial charge in [-0.2, -0.15) is 0 Å². The van der Waals surface area contributed by atoms with Crippen LogP contribution in [0.25, 0.3) is 0 Å². The number of piperidine rings is 1. The zero-order chi connectivity index (χ0) is 16.9. The number of hydrogen-bond acceptors (Lipinski definition) is 5. The number of carbonyl (C=O) groups is 1. The molecule has 3 heterocycles. The van der Waals surface area contributed by atoms with Crippen molar-refractivity contribution in [2.75, 3.05) is 45.8 Å². The molecule has 2 aliphatic heterocycles. The van der Waals surface area contributed by atoms with Crippen molar-refractivity contribution >= 4 is 42.1 Å². The molecule has 0 spiro atoms. The van der Waals surface area contributed by atoms with Gasteiger partial charge in [0.25, 0.3) is 0 Å². The fourth-order valence-electron chi connectivity index (χ4n) is 3.54. The molecule has 1 aromatic heterocycles. The van der Waals surface area contributed by atoms with Gasteiger partial charge in [-0.15, -0.1) is 36.2 Å². The quantitative estimate of drug-likeness (QED) is 0.791. The Kier molecular flexibility index (Phi) is 10.4. The summed E-state index contributed by atoms with van der Waals surface area (Å²) in [5, 5.41) is 6.80. The van der Waals surface area contributed by atoms with Crippen molar-refractivity contribution in [3.63, 3.8) is 0 Å². The molecule has 0 saturated carbocycles. The maximum Gasteiger partial charge on any atom is 0.223 e. The number of nitrogens with one attached hydrogen (secondary N) is 1. The van der Waals surface area contributed by atoms with Gasteiger partial charge < -0.3 is 15.1 Å². The van der Waals surface area contributed by atoms with Gasteiger partial charge in [0.15, 0.2) is 0 Å². The SMILES string of the molecule is CC(C)c1csc(C2CCCN(CCC(=O)N3CCNCC3)C2)n1.Cl.Cl. The van der Waals surface area contributed by atoms with Crippen LogP contribution < -0.4 is 5.32 Å². The summed E-state index contributed by atoms with van der Waals surface area (Å²) in [5.41, 5.74) is 1.22. The number of piperazine rings is 1. The van der Waals surface area contributed by atoms with E-state index in [0.29, 0.717) is 24.2 Å². The smallest absolute Gasteiger partial charge is 0.223 e. The van der Waals surface area contributed by atoms with Gasteiger partial charge in [-0.25, -0.2) is 4.98 Å². The van der Waals surface area contributed by atoms with Gasteiger partial charge in [-0.05, 0) is 25.3 Å². The second-order valence-electron chi connectivity index (χ2n) is 7.29. The van der Waals surface area contributed by atoms with Crippen LogP contribution in [0.5, 0.6) is 0 Å². The van der Waals surface area contributed by atoms with Gasteiger partial charge in [0.1, 0.15) is 0 Å². The van der Waals surface area contributed by atoms with E-state index < -0.39 is 0 Å². The topological polar surface area (TPSA) is 48.5 Å². The number of hydrogen-bond donors (Lipinski definition) is 1. The van der Waals surface area contributed by atoms with Crippen LogP contribution in [-0.2, 0) is 4.79 Å². The van der Waals surface area contributed by atoms with Crippen LogP contribution in [0.4, 0.5) is 0 Å². The molecule has 1 aromatic rings. The number of nitrogens with zero attached hydrogens (tertiary/aromatic N) is 3. The van der Waals surface area contributed by atoms with E-state index >= 15 is 0 Å². The third-order valence-electron chi connectivity index (χ3n) is 5.10. The van der Waals surface area contributed by atoms with Crippen LogP contribution >= 0.6 is 36.2 Å². The summed E-state index contributed by atoms with van der Waals surface area (Å²) in [6, 6.07) is 0. The lowest BCUT2D eigenvalue weighted by Crippen LogP contribution is -2.47. The number of thiazole rings is 1. The first-order valence-electron chi connectivity index (χ1n) is 9.29. The van der Waals surface area contributed by atoms with Crippen molar-refractivity contribution in [1.82, 2.24) is 20.1 Å². The van der Waals surface area contributed by atoms with Crippen molar-refractivity contribution in [3.05, 3.63) is 16.1 Å². The Morgan fingerprint density at radius 2 is 2.04 bits per heavy atom. The normalized spacial score (nSPS) is 21.2. The molecule has 5 nitrogen and oxygen atoms in total. The summed E-state index contributed by atoms with van der Waals surface area (Å²) in [4.78, 5) is 21.6. The third kappa shape index (κ3) is 6.34. The van der Waals surface area contributed by atoms with E-state index in [2.05, 4.69) is 29.4 Å². The Balaban J connectivity index is 0.00000169. The molecule has 1 N–H and O–H groups in total. The van der Waals surface area contributed by atoms with E-state index in [-0.39, 0.29) is 24.8 Å². The Morgan fingerprint density at radius 3 is 2.69 bits per heavy atom. The lowest BCUT2D eigenvalue weighted by molar-refractivity contribution is -0.132. The monoisotopic (exact) mass is 422 g/mol. The van der Waals surface area contributed by atoms with Crippen molar-refractivity contribution in [1.29, 1.82) is 0 Å². The lowest BCUT2D eigenvalue weighted by Gasteiger charge is -2.33. The minimum Gasteiger partial charge on any atom is -0.340 e. The van der Waals surface area contributed by atoms with E-state index in [4.69, 9.17) is 4.98 Å². The average molecular weight is 423 g/mol. The van der Waals surface area contributed by atoms with Crippen LogP contribution in [0.2, 0.25) is 0 Å². The summed E-state index contributed by atoms with van der Waals surface area (Å²) >= 11 is 1.81. The number of halogens is 2.